The predicted molar refractivity (Wildman–Crippen MR) is 36.9 cm³/mol. The zero-order chi connectivity index (χ0) is 8.43. The van der Waals surface area contributed by atoms with E-state index in [2.05, 4.69) is 9.68 Å². The van der Waals surface area contributed by atoms with E-state index in [1.807, 2.05) is 0 Å². The number of nitro groups is 1. The predicted octanol–water partition coefficient (Wildman–Crippen LogP) is 0.727. The van der Waals surface area contributed by atoms with E-state index >= 15 is 0 Å². The molecule has 0 spiro atoms. The summed E-state index contributed by atoms with van der Waals surface area (Å²) in [6.45, 7) is 1.74. The van der Waals surface area contributed by atoms with Gasteiger partial charge in [-0.15, -0.1) is 0 Å². The van der Waals surface area contributed by atoms with Crippen molar-refractivity contribution < 1.29 is 9.45 Å². The van der Waals surface area contributed by atoms with Gasteiger partial charge in [0.15, 0.2) is 5.69 Å². The summed E-state index contributed by atoms with van der Waals surface area (Å²) in [5.41, 5.74) is 5.22. The summed E-state index contributed by atoms with van der Waals surface area (Å²) in [6, 6.07) is 0. The Bertz CT molecular complexity index is 281. The molecule has 0 unspecified atom stereocenters. The topological polar surface area (TPSA) is 95.2 Å². The number of hydrogen-bond acceptors (Lipinski definition) is 5. The van der Waals surface area contributed by atoms with E-state index in [1.54, 1.807) is 6.92 Å². The molecule has 0 aliphatic heterocycles. The Labute approximate surface area is 62.1 Å². The summed E-state index contributed by atoms with van der Waals surface area (Å²) in [6.07, 6.45) is 0.441. The van der Waals surface area contributed by atoms with E-state index < -0.39 is 4.92 Å². The van der Waals surface area contributed by atoms with Crippen LogP contribution in [0, 0.1) is 10.1 Å². The standard InChI is InChI=1S/C5H7N3O3/c1-2-3-4(8(9)10)5(6)11-7-3/h2,6H2,1H3. The lowest BCUT2D eigenvalue weighted by Gasteiger charge is -1.86. The second-order valence-corrected chi connectivity index (χ2v) is 1.95. The first-order valence-corrected chi connectivity index (χ1v) is 3.05. The second-order valence-electron chi connectivity index (χ2n) is 1.95. The summed E-state index contributed by atoms with van der Waals surface area (Å²) in [7, 11) is 0. The molecule has 1 aromatic rings. The Balaban J connectivity index is 3.17. The van der Waals surface area contributed by atoms with Crippen LogP contribution in [0.15, 0.2) is 4.52 Å². The lowest BCUT2D eigenvalue weighted by Crippen LogP contribution is -1.94. The highest BCUT2D eigenvalue weighted by Gasteiger charge is 2.22. The van der Waals surface area contributed by atoms with Crippen molar-refractivity contribution in [3.05, 3.63) is 15.8 Å². The maximum atomic E-state index is 10.3. The van der Waals surface area contributed by atoms with Gasteiger partial charge in [-0.1, -0.05) is 12.1 Å². The quantitative estimate of drug-likeness (QED) is 0.504. The molecule has 0 radical (unpaired) electrons. The van der Waals surface area contributed by atoms with E-state index in [1.165, 1.54) is 0 Å². The fraction of sp³-hybridized carbons (Fsp3) is 0.400. The fourth-order valence-corrected chi connectivity index (χ4v) is 0.760. The number of nitrogens with two attached hydrogens (primary N) is 1. The van der Waals surface area contributed by atoms with E-state index in [0.29, 0.717) is 6.42 Å². The average Bonchev–Trinajstić information content (AvgIpc) is 2.30. The first-order valence-electron chi connectivity index (χ1n) is 3.05. The molecular weight excluding hydrogens is 150 g/mol. The first-order chi connectivity index (χ1) is 5.16. The minimum absolute atomic E-state index is 0.215. The highest BCUT2D eigenvalue weighted by atomic mass is 16.6. The van der Waals surface area contributed by atoms with Crippen LogP contribution in [0.1, 0.15) is 12.6 Å². The average molecular weight is 157 g/mol. The maximum absolute atomic E-state index is 10.3. The zero-order valence-electron chi connectivity index (χ0n) is 5.90. The van der Waals surface area contributed by atoms with Crippen molar-refractivity contribution in [2.75, 3.05) is 5.73 Å². The number of hydrogen-bond donors (Lipinski definition) is 1. The minimum atomic E-state index is -0.593. The lowest BCUT2D eigenvalue weighted by molar-refractivity contribution is -0.384. The van der Waals surface area contributed by atoms with Crippen LogP contribution in [0.2, 0.25) is 0 Å². The Morgan fingerprint density at radius 3 is 2.82 bits per heavy atom. The van der Waals surface area contributed by atoms with Crippen molar-refractivity contribution in [1.29, 1.82) is 0 Å². The number of aryl methyl sites for hydroxylation is 1. The Kier molecular flexibility index (Phi) is 1.75. The summed E-state index contributed by atoms with van der Waals surface area (Å²) in [4.78, 5) is 9.70. The SMILES string of the molecule is CCc1noc(N)c1[N+](=O)[O-]. The molecule has 0 atom stereocenters. The van der Waals surface area contributed by atoms with Crippen LogP contribution >= 0.6 is 0 Å². The van der Waals surface area contributed by atoms with Crippen molar-refractivity contribution in [2.24, 2.45) is 0 Å². The molecule has 0 saturated carbocycles. The van der Waals surface area contributed by atoms with Gasteiger partial charge in [0, 0.05) is 0 Å². The van der Waals surface area contributed by atoms with E-state index in [4.69, 9.17) is 5.73 Å². The van der Waals surface area contributed by atoms with Crippen molar-refractivity contribution in [1.82, 2.24) is 5.16 Å². The van der Waals surface area contributed by atoms with Gasteiger partial charge in [-0.25, -0.2) is 0 Å². The number of nitrogens with zero attached hydrogens (tertiary/aromatic N) is 2. The van der Waals surface area contributed by atoms with Gasteiger partial charge in [-0.3, -0.25) is 10.1 Å². The van der Waals surface area contributed by atoms with Crippen molar-refractivity contribution in [3.63, 3.8) is 0 Å². The van der Waals surface area contributed by atoms with Crippen LogP contribution in [0.5, 0.6) is 0 Å². The van der Waals surface area contributed by atoms with E-state index in [9.17, 15) is 10.1 Å². The highest BCUT2D eigenvalue weighted by Crippen LogP contribution is 2.25. The highest BCUT2D eigenvalue weighted by molar-refractivity contribution is 5.52. The van der Waals surface area contributed by atoms with Crippen LogP contribution in [0.4, 0.5) is 11.6 Å². The third-order valence-corrected chi connectivity index (χ3v) is 1.28. The Morgan fingerprint density at radius 2 is 2.45 bits per heavy atom. The van der Waals surface area contributed by atoms with Crippen LogP contribution in [0.3, 0.4) is 0 Å². The summed E-state index contributed by atoms with van der Waals surface area (Å²) in [5.74, 6) is -0.230. The molecular formula is C5H7N3O3. The van der Waals surface area contributed by atoms with Gasteiger partial charge in [0.2, 0.25) is 0 Å². The number of aromatic nitrogens is 1. The smallest absolute Gasteiger partial charge is 0.355 e. The molecule has 0 fully saturated rings. The Hall–Kier alpha value is -1.59. The van der Waals surface area contributed by atoms with Crippen LogP contribution < -0.4 is 5.73 Å². The first kappa shape index (κ1) is 7.52. The van der Waals surface area contributed by atoms with Crippen LogP contribution in [0.25, 0.3) is 0 Å². The molecule has 11 heavy (non-hydrogen) atoms. The van der Waals surface area contributed by atoms with Gasteiger partial charge in [0.1, 0.15) is 0 Å². The van der Waals surface area contributed by atoms with Crippen molar-refractivity contribution in [2.45, 2.75) is 13.3 Å². The molecule has 0 aliphatic rings. The number of anilines is 1. The molecule has 0 amide bonds. The van der Waals surface area contributed by atoms with Gasteiger partial charge in [-0.2, -0.15) is 0 Å². The summed E-state index contributed by atoms with van der Waals surface area (Å²) in [5, 5.41) is 13.7. The molecule has 0 aromatic carbocycles. The van der Waals surface area contributed by atoms with Gasteiger partial charge in [0.05, 0.1) is 4.92 Å². The fourth-order valence-electron chi connectivity index (χ4n) is 0.760. The van der Waals surface area contributed by atoms with Gasteiger partial charge in [-0.05, 0) is 6.42 Å². The third kappa shape index (κ3) is 1.14. The monoisotopic (exact) mass is 157 g/mol. The van der Waals surface area contributed by atoms with Gasteiger partial charge >= 0.3 is 11.6 Å². The minimum Gasteiger partial charge on any atom is -0.362 e. The summed E-state index contributed by atoms with van der Waals surface area (Å²) < 4.78 is 4.43. The largest absolute Gasteiger partial charge is 0.362 e. The molecule has 6 nitrogen and oxygen atoms in total. The molecule has 0 aliphatic carbocycles. The molecule has 1 rings (SSSR count). The maximum Gasteiger partial charge on any atom is 0.355 e. The molecule has 6 heteroatoms. The lowest BCUT2D eigenvalue weighted by atomic mass is 10.3. The van der Waals surface area contributed by atoms with Crippen molar-refractivity contribution >= 4 is 11.6 Å². The number of rotatable bonds is 2. The zero-order valence-corrected chi connectivity index (χ0v) is 5.90. The van der Waals surface area contributed by atoms with Crippen LogP contribution in [-0.2, 0) is 6.42 Å². The second kappa shape index (κ2) is 2.57. The third-order valence-electron chi connectivity index (χ3n) is 1.28. The van der Waals surface area contributed by atoms with E-state index in [0.717, 1.165) is 0 Å². The molecule has 1 heterocycles. The normalized spacial score (nSPS) is 9.91. The number of nitrogen functional groups attached to an aromatic ring is 1. The molecule has 2 N–H and O–H groups in total. The van der Waals surface area contributed by atoms with Gasteiger partial charge < -0.3 is 10.3 Å². The molecule has 0 bridgehead atoms. The van der Waals surface area contributed by atoms with Gasteiger partial charge in [0.25, 0.3) is 0 Å². The Morgan fingerprint density at radius 1 is 1.82 bits per heavy atom. The van der Waals surface area contributed by atoms with Crippen LogP contribution in [-0.4, -0.2) is 10.1 Å². The molecule has 0 saturated heterocycles. The van der Waals surface area contributed by atoms with E-state index in [-0.39, 0.29) is 17.3 Å². The molecule has 60 valence electrons. The summed E-state index contributed by atoms with van der Waals surface area (Å²) >= 11 is 0. The molecule has 1 aromatic heterocycles. The van der Waals surface area contributed by atoms with Crippen molar-refractivity contribution in [3.8, 4) is 0 Å².